The van der Waals surface area contributed by atoms with Gasteiger partial charge in [0.05, 0.1) is 0 Å². The van der Waals surface area contributed by atoms with E-state index < -0.39 is 0 Å². The lowest BCUT2D eigenvalue weighted by molar-refractivity contribution is 0.0635. The zero-order valence-corrected chi connectivity index (χ0v) is 13.7. The summed E-state index contributed by atoms with van der Waals surface area (Å²) in [5, 5.41) is 0. The van der Waals surface area contributed by atoms with Crippen LogP contribution in [0.3, 0.4) is 0 Å². The van der Waals surface area contributed by atoms with Crippen LogP contribution in [0.1, 0.15) is 36.5 Å². The molecule has 0 radical (unpaired) electrons. The highest BCUT2D eigenvalue weighted by atomic mass is 16.3. The summed E-state index contributed by atoms with van der Waals surface area (Å²) in [5.41, 5.74) is 3.12. The molecule has 1 saturated heterocycles. The molecule has 1 aromatic heterocycles. The Hall–Kier alpha value is -2.62. The summed E-state index contributed by atoms with van der Waals surface area (Å²) < 4.78 is 5.82. The van der Waals surface area contributed by atoms with E-state index in [-0.39, 0.29) is 5.91 Å². The Morgan fingerprint density at radius 1 is 1.17 bits per heavy atom. The van der Waals surface area contributed by atoms with Crippen LogP contribution in [0.5, 0.6) is 0 Å². The predicted molar refractivity (Wildman–Crippen MR) is 93.8 cm³/mol. The van der Waals surface area contributed by atoms with Crippen LogP contribution in [0.25, 0.3) is 22.6 Å². The van der Waals surface area contributed by atoms with Crippen molar-refractivity contribution in [2.24, 2.45) is 0 Å². The Morgan fingerprint density at radius 3 is 2.88 bits per heavy atom. The number of rotatable bonds is 2. The number of para-hydroxylation sites is 2. The average Bonchev–Trinajstić information content (AvgIpc) is 3.06. The van der Waals surface area contributed by atoms with Crippen molar-refractivity contribution in [3.05, 3.63) is 54.1 Å². The maximum Gasteiger partial charge on any atom is 0.254 e. The third-order valence-corrected chi connectivity index (χ3v) is 4.71. The molecular weight excluding hydrogens is 300 g/mol. The number of hydrogen-bond donors (Lipinski definition) is 0. The molecule has 1 unspecified atom stereocenters. The minimum absolute atomic E-state index is 0.0974. The number of carbonyl (C=O) groups excluding carboxylic acids is 1. The molecule has 4 rings (SSSR count). The van der Waals surface area contributed by atoms with Gasteiger partial charge in [-0.25, -0.2) is 4.98 Å². The Morgan fingerprint density at radius 2 is 2.04 bits per heavy atom. The van der Waals surface area contributed by atoms with E-state index in [1.54, 1.807) is 0 Å². The third kappa shape index (κ3) is 2.68. The molecule has 122 valence electrons. The lowest BCUT2D eigenvalue weighted by Gasteiger charge is -2.33. The molecule has 0 spiro atoms. The van der Waals surface area contributed by atoms with Crippen molar-refractivity contribution in [1.29, 1.82) is 0 Å². The van der Waals surface area contributed by atoms with Crippen molar-refractivity contribution in [3.63, 3.8) is 0 Å². The molecule has 4 heteroatoms. The molecule has 0 saturated carbocycles. The second-order valence-corrected chi connectivity index (χ2v) is 6.41. The highest BCUT2D eigenvalue weighted by molar-refractivity contribution is 5.95. The summed E-state index contributed by atoms with van der Waals surface area (Å²) in [4.78, 5) is 19.3. The molecule has 1 aliphatic heterocycles. The lowest BCUT2D eigenvalue weighted by Crippen LogP contribution is -2.42. The molecule has 2 heterocycles. The van der Waals surface area contributed by atoms with E-state index in [4.69, 9.17) is 4.42 Å². The maximum atomic E-state index is 12.8. The van der Waals surface area contributed by atoms with Crippen LogP contribution in [0, 0.1) is 0 Å². The molecule has 4 nitrogen and oxygen atoms in total. The Labute approximate surface area is 141 Å². The van der Waals surface area contributed by atoms with Gasteiger partial charge in [-0.3, -0.25) is 4.79 Å². The highest BCUT2D eigenvalue weighted by Crippen LogP contribution is 2.26. The summed E-state index contributed by atoms with van der Waals surface area (Å²) in [5.74, 6) is 0.651. The number of carbonyl (C=O) groups is 1. The highest BCUT2D eigenvalue weighted by Gasteiger charge is 2.24. The van der Waals surface area contributed by atoms with Crippen LogP contribution in [0.15, 0.2) is 52.9 Å². The van der Waals surface area contributed by atoms with Crippen molar-refractivity contribution in [1.82, 2.24) is 9.88 Å². The number of benzene rings is 2. The van der Waals surface area contributed by atoms with Gasteiger partial charge in [0.15, 0.2) is 5.58 Å². The molecule has 0 N–H and O–H groups in total. The summed E-state index contributed by atoms with van der Waals surface area (Å²) in [7, 11) is 0. The number of aromatic nitrogens is 1. The number of hydrogen-bond acceptors (Lipinski definition) is 3. The van der Waals surface area contributed by atoms with Crippen LogP contribution in [0.4, 0.5) is 0 Å². The first-order valence-electron chi connectivity index (χ1n) is 8.49. The van der Waals surface area contributed by atoms with Gasteiger partial charge in [-0.05, 0) is 56.5 Å². The lowest BCUT2D eigenvalue weighted by atomic mass is 10.0. The number of nitrogens with zero attached hydrogens (tertiary/aromatic N) is 2. The Bertz CT molecular complexity index is 851. The van der Waals surface area contributed by atoms with Gasteiger partial charge in [0, 0.05) is 23.7 Å². The fourth-order valence-electron chi connectivity index (χ4n) is 3.35. The van der Waals surface area contributed by atoms with Crippen molar-refractivity contribution < 1.29 is 9.21 Å². The topological polar surface area (TPSA) is 46.3 Å². The number of amides is 1. The first kappa shape index (κ1) is 14.9. The van der Waals surface area contributed by atoms with Crippen LogP contribution >= 0.6 is 0 Å². The molecule has 0 bridgehead atoms. The van der Waals surface area contributed by atoms with Gasteiger partial charge < -0.3 is 9.32 Å². The summed E-state index contributed by atoms with van der Waals surface area (Å²) in [6.07, 6.45) is 3.37. The van der Waals surface area contributed by atoms with Crippen LogP contribution in [0.2, 0.25) is 0 Å². The Kier molecular flexibility index (Phi) is 3.81. The maximum absolute atomic E-state index is 12.8. The summed E-state index contributed by atoms with van der Waals surface area (Å²) in [6, 6.07) is 15.6. The molecule has 1 atom stereocenters. The average molecular weight is 320 g/mol. The van der Waals surface area contributed by atoms with Gasteiger partial charge in [0.2, 0.25) is 5.89 Å². The van der Waals surface area contributed by atoms with E-state index in [9.17, 15) is 4.79 Å². The standard InChI is InChI=1S/C20H20N2O2/c1-14-7-4-5-12-22(14)20(23)16-9-6-8-15(13-16)19-21-17-10-2-3-11-18(17)24-19/h2-3,6,8-11,13-14H,4-5,7,12H2,1H3. The van der Waals surface area contributed by atoms with Crippen LogP contribution in [-0.4, -0.2) is 28.4 Å². The van der Waals surface area contributed by atoms with E-state index in [2.05, 4.69) is 11.9 Å². The second kappa shape index (κ2) is 6.11. The third-order valence-electron chi connectivity index (χ3n) is 4.71. The molecule has 1 amide bonds. The van der Waals surface area contributed by atoms with Crippen molar-refractivity contribution >= 4 is 17.0 Å². The summed E-state index contributed by atoms with van der Waals surface area (Å²) >= 11 is 0. The molecule has 1 fully saturated rings. The van der Waals surface area contributed by atoms with Gasteiger partial charge in [0.25, 0.3) is 5.91 Å². The fourth-order valence-corrected chi connectivity index (χ4v) is 3.35. The number of piperidine rings is 1. The normalized spacial score (nSPS) is 18.0. The smallest absolute Gasteiger partial charge is 0.254 e. The first-order valence-corrected chi connectivity index (χ1v) is 8.49. The van der Waals surface area contributed by atoms with Crippen molar-refractivity contribution in [2.45, 2.75) is 32.2 Å². The largest absolute Gasteiger partial charge is 0.436 e. The van der Waals surface area contributed by atoms with E-state index in [1.807, 2.05) is 53.4 Å². The van der Waals surface area contributed by atoms with Gasteiger partial charge in [-0.1, -0.05) is 18.2 Å². The van der Waals surface area contributed by atoms with Gasteiger partial charge in [-0.15, -0.1) is 0 Å². The predicted octanol–water partition coefficient (Wildman–Crippen LogP) is 4.51. The minimum Gasteiger partial charge on any atom is -0.436 e. The number of likely N-dealkylation sites (tertiary alicyclic amines) is 1. The SMILES string of the molecule is CC1CCCCN1C(=O)c1cccc(-c2nc3ccccc3o2)c1. The van der Waals surface area contributed by atoms with Gasteiger partial charge in [-0.2, -0.15) is 0 Å². The molecule has 0 aliphatic carbocycles. The van der Waals surface area contributed by atoms with Crippen LogP contribution in [-0.2, 0) is 0 Å². The van der Waals surface area contributed by atoms with Crippen molar-refractivity contribution in [3.8, 4) is 11.5 Å². The molecule has 3 aromatic rings. The van der Waals surface area contributed by atoms with E-state index in [1.165, 1.54) is 6.42 Å². The van der Waals surface area contributed by atoms with E-state index in [0.717, 1.165) is 36.0 Å². The van der Waals surface area contributed by atoms with Crippen LogP contribution < -0.4 is 0 Å². The number of oxazole rings is 1. The molecular formula is C20H20N2O2. The summed E-state index contributed by atoms with van der Waals surface area (Å²) in [6.45, 7) is 2.97. The fraction of sp³-hybridized carbons (Fsp3) is 0.300. The zero-order valence-electron chi connectivity index (χ0n) is 13.7. The molecule has 1 aliphatic rings. The zero-order chi connectivity index (χ0) is 16.5. The van der Waals surface area contributed by atoms with E-state index >= 15 is 0 Å². The Balaban J connectivity index is 1.67. The first-order chi connectivity index (χ1) is 11.7. The number of fused-ring (bicyclic) bond motifs is 1. The minimum atomic E-state index is 0.0974. The second-order valence-electron chi connectivity index (χ2n) is 6.41. The van der Waals surface area contributed by atoms with Gasteiger partial charge in [0.1, 0.15) is 5.52 Å². The monoisotopic (exact) mass is 320 g/mol. The molecule has 2 aromatic carbocycles. The molecule has 24 heavy (non-hydrogen) atoms. The van der Waals surface area contributed by atoms with Crippen molar-refractivity contribution in [2.75, 3.05) is 6.54 Å². The van der Waals surface area contributed by atoms with E-state index in [0.29, 0.717) is 17.5 Å². The quantitative estimate of drug-likeness (QED) is 0.698. The van der Waals surface area contributed by atoms with Gasteiger partial charge >= 0.3 is 0 Å².